The van der Waals surface area contributed by atoms with Crippen molar-refractivity contribution in [2.24, 2.45) is 0 Å². The fourth-order valence-electron chi connectivity index (χ4n) is 1.68. The number of benzene rings is 1. The highest BCUT2D eigenvalue weighted by atomic mass is 19.1. The summed E-state index contributed by atoms with van der Waals surface area (Å²) in [7, 11) is 0. The van der Waals surface area contributed by atoms with Crippen LogP contribution in [0.4, 0.5) is 20.6 Å². The van der Waals surface area contributed by atoms with E-state index in [0.29, 0.717) is 11.3 Å². The second-order valence-electron chi connectivity index (χ2n) is 4.24. The molecule has 0 aliphatic carbocycles. The maximum absolute atomic E-state index is 13.1. The van der Waals surface area contributed by atoms with Crippen molar-refractivity contribution < 1.29 is 19.1 Å². The van der Waals surface area contributed by atoms with Crippen molar-refractivity contribution >= 4 is 23.4 Å². The standard InChI is InChI=1S/C14H12FN3O3/c1-8-4-5-9(15)7-11(8)18-14(21)17-10-3-2-6-16-12(10)13(19)20/h2-7H,1H3,(H,19,20)(H2,17,18,21). The zero-order valence-corrected chi connectivity index (χ0v) is 11.1. The summed E-state index contributed by atoms with van der Waals surface area (Å²) in [5.41, 5.74) is 0.754. The lowest BCUT2D eigenvalue weighted by Gasteiger charge is -2.11. The van der Waals surface area contributed by atoms with Gasteiger partial charge < -0.3 is 15.7 Å². The van der Waals surface area contributed by atoms with E-state index in [1.807, 2.05) is 0 Å². The summed E-state index contributed by atoms with van der Waals surface area (Å²) in [6, 6.07) is 6.21. The number of hydrogen-bond donors (Lipinski definition) is 3. The van der Waals surface area contributed by atoms with Crippen LogP contribution in [0.3, 0.4) is 0 Å². The normalized spacial score (nSPS) is 10.0. The van der Waals surface area contributed by atoms with Crippen LogP contribution in [0.2, 0.25) is 0 Å². The predicted molar refractivity (Wildman–Crippen MR) is 75.0 cm³/mol. The van der Waals surface area contributed by atoms with Gasteiger partial charge in [0.1, 0.15) is 5.82 Å². The Morgan fingerprint density at radius 3 is 2.62 bits per heavy atom. The van der Waals surface area contributed by atoms with E-state index in [0.717, 1.165) is 0 Å². The number of urea groups is 1. The molecule has 3 N–H and O–H groups in total. The number of hydrogen-bond acceptors (Lipinski definition) is 3. The number of aromatic nitrogens is 1. The minimum Gasteiger partial charge on any atom is -0.476 e. The van der Waals surface area contributed by atoms with E-state index in [1.54, 1.807) is 6.92 Å². The number of anilines is 2. The summed E-state index contributed by atoms with van der Waals surface area (Å²) in [6.45, 7) is 1.71. The van der Waals surface area contributed by atoms with E-state index in [4.69, 9.17) is 5.11 Å². The van der Waals surface area contributed by atoms with Crippen LogP contribution in [0.1, 0.15) is 16.1 Å². The Hall–Kier alpha value is -2.96. The van der Waals surface area contributed by atoms with Crippen LogP contribution >= 0.6 is 0 Å². The molecule has 0 atom stereocenters. The topological polar surface area (TPSA) is 91.3 Å². The third kappa shape index (κ3) is 3.53. The summed E-state index contributed by atoms with van der Waals surface area (Å²) in [4.78, 5) is 26.5. The maximum atomic E-state index is 13.1. The van der Waals surface area contributed by atoms with Gasteiger partial charge in [0.05, 0.1) is 5.69 Å². The van der Waals surface area contributed by atoms with Crippen molar-refractivity contribution in [1.82, 2.24) is 4.98 Å². The number of rotatable bonds is 3. The molecule has 1 aromatic heterocycles. The Morgan fingerprint density at radius 1 is 1.19 bits per heavy atom. The molecule has 0 spiro atoms. The highest BCUT2D eigenvalue weighted by Crippen LogP contribution is 2.17. The van der Waals surface area contributed by atoms with Crippen LogP contribution in [0.5, 0.6) is 0 Å². The largest absolute Gasteiger partial charge is 0.476 e. The number of carboxylic acids is 1. The zero-order valence-electron chi connectivity index (χ0n) is 11.1. The molecule has 7 heteroatoms. The molecule has 0 unspecified atom stereocenters. The quantitative estimate of drug-likeness (QED) is 0.810. The molecule has 21 heavy (non-hydrogen) atoms. The molecule has 108 valence electrons. The average Bonchev–Trinajstić information content (AvgIpc) is 2.43. The molecule has 1 aromatic carbocycles. The van der Waals surface area contributed by atoms with Crippen LogP contribution in [0.25, 0.3) is 0 Å². The fraction of sp³-hybridized carbons (Fsp3) is 0.0714. The van der Waals surface area contributed by atoms with Gasteiger partial charge in [-0.15, -0.1) is 0 Å². The van der Waals surface area contributed by atoms with Gasteiger partial charge >= 0.3 is 12.0 Å². The number of carbonyl (C=O) groups excluding carboxylic acids is 1. The Balaban J connectivity index is 2.16. The fourth-order valence-corrected chi connectivity index (χ4v) is 1.68. The van der Waals surface area contributed by atoms with E-state index in [-0.39, 0.29) is 11.4 Å². The molecule has 0 bridgehead atoms. The number of halogens is 1. The lowest BCUT2D eigenvalue weighted by atomic mass is 10.2. The van der Waals surface area contributed by atoms with E-state index < -0.39 is 17.8 Å². The molecular formula is C14H12FN3O3. The third-order valence-electron chi connectivity index (χ3n) is 2.71. The van der Waals surface area contributed by atoms with E-state index in [2.05, 4.69) is 15.6 Å². The average molecular weight is 289 g/mol. The van der Waals surface area contributed by atoms with Crippen molar-refractivity contribution in [2.75, 3.05) is 10.6 Å². The Bertz CT molecular complexity index is 704. The molecule has 6 nitrogen and oxygen atoms in total. The van der Waals surface area contributed by atoms with E-state index >= 15 is 0 Å². The summed E-state index contributed by atoms with van der Waals surface area (Å²) in [5, 5.41) is 13.8. The van der Waals surface area contributed by atoms with Crippen molar-refractivity contribution in [1.29, 1.82) is 0 Å². The van der Waals surface area contributed by atoms with Crippen molar-refractivity contribution in [3.63, 3.8) is 0 Å². The van der Waals surface area contributed by atoms with Crippen LogP contribution in [-0.4, -0.2) is 22.1 Å². The van der Waals surface area contributed by atoms with Gasteiger partial charge in [0.25, 0.3) is 0 Å². The monoisotopic (exact) mass is 289 g/mol. The first-order valence-corrected chi connectivity index (χ1v) is 6.00. The van der Waals surface area contributed by atoms with Gasteiger partial charge in [0.2, 0.25) is 0 Å². The maximum Gasteiger partial charge on any atom is 0.356 e. The Labute approximate surface area is 119 Å². The number of carbonyl (C=O) groups is 2. The van der Waals surface area contributed by atoms with Gasteiger partial charge in [-0.3, -0.25) is 0 Å². The van der Waals surface area contributed by atoms with Crippen molar-refractivity contribution in [2.45, 2.75) is 6.92 Å². The highest BCUT2D eigenvalue weighted by molar-refractivity contribution is 6.04. The van der Waals surface area contributed by atoms with Crippen LogP contribution in [-0.2, 0) is 0 Å². The van der Waals surface area contributed by atoms with Crippen LogP contribution in [0, 0.1) is 12.7 Å². The molecule has 0 saturated heterocycles. The first-order chi connectivity index (χ1) is 9.97. The zero-order chi connectivity index (χ0) is 15.4. The lowest BCUT2D eigenvalue weighted by Crippen LogP contribution is -2.22. The molecule has 0 fully saturated rings. The van der Waals surface area contributed by atoms with Crippen LogP contribution < -0.4 is 10.6 Å². The third-order valence-corrected chi connectivity index (χ3v) is 2.71. The Kier molecular flexibility index (Phi) is 4.13. The van der Waals surface area contributed by atoms with E-state index in [9.17, 15) is 14.0 Å². The number of pyridine rings is 1. The smallest absolute Gasteiger partial charge is 0.356 e. The summed E-state index contributed by atoms with van der Waals surface area (Å²) >= 11 is 0. The SMILES string of the molecule is Cc1ccc(F)cc1NC(=O)Nc1cccnc1C(=O)O. The molecule has 0 aliphatic rings. The van der Waals surface area contributed by atoms with Gasteiger partial charge in [0, 0.05) is 11.9 Å². The number of carboxylic acid groups (broad SMARTS) is 1. The molecule has 1 heterocycles. The Morgan fingerprint density at radius 2 is 1.90 bits per heavy atom. The van der Waals surface area contributed by atoms with Gasteiger partial charge in [-0.2, -0.15) is 0 Å². The van der Waals surface area contributed by atoms with Crippen LogP contribution in [0.15, 0.2) is 36.5 Å². The second kappa shape index (κ2) is 6.00. The predicted octanol–water partition coefficient (Wildman–Crippen LogP) is 2.87. The molecule has 0 saturated carbocycles. The van der Waals surface area contributed by atoms with Crippen molar-refractivity contribution in [3.8, 4) is 0 Å². The number of aromatic carboxylic acids is 1. The molecule has 2 rings (SSSR count). The molecular weight excluding hydrogens is 277 g/mol. The summed E-state index contributed by atoms with van der Waals surface area (Å²) < 4.78 is 13.1. The first-order valence-electron chi connectivity index (χ1n) is 6.00. The van der Waals surface area contributed by atoms with Gasteiger partial charge in [0.15, 0.2) is 5.69 Å². The van der Waals surface area contributed by atoms with Gasteiger partial charge in [-0.05, 0) is 36.8 Å². The van der Waals surface area contributed by atoms with Crippen molar-refractivity contribution in [3.05, 3.63) is 53.6 Å². The van der Waals surface area contributed by atoms with E-state index in [1.165, 1.54) is 36.5 Å². The summed E-state index contributed by atoms with van der Waals surface area (Å²) in [5.74, 6) is -1.74. The minimum atomic E-state index is -1.26. The molecule has 0 aliphatic heterocycles. The number of nitrogens with one attached hydrogen (secondary N) is 2. The van der Waals surface area contributed by atoms with Gasteiger partial charge in [-0.1, -0.05) is 6.07 Å². The first kappa shape index (κ1) is 14.4. The molecule has 2 amide bonds. The van der Waals surface area contributed by atoms with Gasteiger partial charge in [-0.25, -0.2) is 19.0 Å². The summed E-state index contributed by atoms with van der Waals surface area (Å²) in [6.07, 6.45) is 1.31. The number of amides is 2. The molecule has 2 aromatic rings. The minimum absolute atomic E-state index is 0.0524. The highest BCUT2D eigenvalue weighted by Gasteiger charge is 2.13. The number of nitrogens with zero attached hydrogens (tertiary/aromatic N) is 1. The lowest BCUT2D eigenvalue weighted by molar-refractivity contribution is 0.0691. The number of aryl methyl sites for hydroxylation is 1. The second-order valence-corrected chi connectivity index (χ2v) is 4.24. The molecule has 0 radical (unpaired) electrons.